The predicted molar refractivity (Wildman–Crippen MR) is 116 cm³/mol. The topological polar surface area (TPSA) is 77.0 Å². The van der Waals surface area contributed by atoms with Gasteiger partial charge in [-0.1, -0.05) is 24.3 Å². The minimum Gasteiger partial charge on any atom is -0.334 e. The first kappa shape index (κ1) is 19.6. The van der Waals surface area contributed by atoms with Crippen LogP contribution >= 0.6 is 0 Å². The molecule has 6 nitrogen and oxygen atoms in total. The molecule has 6 heteroatoms. The van der Waals surface area contributed by atoms with Gasteiger partial charge in [-0.15, -0.1) is 0 Å². The zero-order valence-electron chi connectivity index (χ0n) is 17.4. The second-order valence-electron chi connectivity index (χ2n) is 8.17. The van der Waals surface area contributed by atoms with Crippen molar-refractivity contribution in [3.63, 3.8) is 0 Å². The maximum atomic E-state index is 13.6. The minimum absolute atomic E-state index is 0.0330. The van der Waals surface area contributed by atoms with E-state index in [2.05, 4.69) is 38.0 Å². The molecule has 1 aliphatic rings. The van der Waals surface area contributed by atoms with Crippen LogP contribution in [0.5, 0.6) is 0 Å². The second-order valence-corrected chi connectivity index (χ2v) is 8.17. The van der Waals surface area contributed by atoms with E-state index in [-0.39, 0.29) is 18.0 Å². The highest BCUT2D eigenvalue weighted by atomic mass is 16.2. The smallest absolute Gasteiger partial charge is 0.255 e. The molecule has 0 aliphatic carbocycles. The highest BCUT2D eigenvalue weighted by molar-refractivity contribution is 6.06. The molecule has 3 heterocycles. The van der Waals surface area contributed by atoms with E-state index in [1.165, 1.54) is 0 Å². The molecule has 1 unspecified atom stereocenters. The average Bonchev–Trinajstić information content (AvgIpc) is 3.17. The number of likely N-dealkylation sites (tertiary alicyclic amines) is 1. The summed E-state index contributed by atoms with van der Waals surface area (Å²) in [5.74, 6) is 0.0330. The molecule has 1 aromatic carbocycles. The van der Waals surface area contributed by atoms with Gasteiger partial charge in [0.2, 0.25) is 0 Å². The third-order valence-electron chi connectivity index (χ3n) is 5.87. The highest BCUT2D eigenvalue weighted by Crippen LogP contribution is 2.30. The van der Waals surface area contributed by atoms with Gasteiger partial charge in [0.1, 0.15) is 0 Å². The molecule has 29 heavy (non-hydrogen) atoms. The lowest BCUT2D eigenvalue weighted by molar-refractivity contribution is 0.0625. The summed E-state index contributed by atoms with van der Waals surface area (Å²) >= 11 is 0. The Kier molecular flexibility index (Phi) is 5.37. The van der Waals surface area contributed by atoms with Gasteiger partial charge < -0.3 is 10.6 Å². The van der Waals surface area contributed by atoms with Crippen LogP contribution in [0, 0.1) is 6.92 Å². The summed E-state index contributed by atoms with van der Waals surface area (Å²) in [4.78, 5) is 20.5. The Morgan fingerprint density at radius 2 is 2.07 bits per heavy atom. The number of pyridine rings is 1. The number of amides is 1. The molecule has 0 spiro atoms. The lowest BCUT2D eigenvalue weighted by Gasteiger charge is -2.35. The third-order valence-corrected chi connectivity index (χ3v) is 5.87. The van der Waals surface area contributed by atoms with E-state index in [0.29, 0.717) is 12.1 Å². The van der Waals surface area contributed by atoms with E-state index in [1.54, 1.807) is 6.20 Å². The maximum Gasteiger partial charge on any atom is 0.255 e. The van der Waals surface area contributed by atoms with Crippen molar-refractivity contribution in [2.45, 2.75) is 52.1 Å². The van der Waals surface area contributed by atoms with Crippen molar-refractivity contribution in [3.8, 4) is 11.3 Å². The van der Waals surface area contributed by atoms with Crippen LogP contribution in [0.1, 0.15) is 55.1 Å². The first-order chi connectivity index (χ1) is 14.0. The molecule has 1 fully saturated rings. The largest absolute Gasteiger partial charge is 0.334 e. The number of aryl methyl sites for hydroxylation is 1. The van der Waals surface area contributed by atoms with Gasteiger partial charge in [0.25, 0.3) is 5.91 Å². The van der Waals surface area contributed by atoms with Crippen LogP contribution in [0.15, 0.2) is 36.5 Å². The lowest BCUT2D eigenvalue weighted by atomic mass is 9.98. The van der Waals surface area contributed by atoms with Crippen LogP contribution in [-0.2, 0) is 0 Å². The molecule has 0 bridgehead atoms. The van der Waals surface area contributed by atoms with Crippen molar-refractivity contribution in [2.24, 2.45) is 5.73 Å². The van der Waals surface area contributed by atoms with Crippen molar-refractivity contribution >= 4 is 16.9 Å². The summed E-state index contributed by atoms with van der Waals surface area (Å²) < 4.78 is 1.89. The van der Waals surface area contributed by atoms with E-state index in [0.717, 1.165) is 53.7 Å². The van der Waals surface area contributed by atoms with Crippen molar-refractivity contribution in [3.05, 3.63) is 47.7 Å². The average molecular weight is 392 g/mol. The molecule has 1 aliphatic heterocycles. The number of fused-ring (bicyclic) bond motifs is 1. The van der Waals surface area contributed by atoms with Crippen LogP contribution in [0.2, 0.25) is 0 Å². The summed E-state index contributed by atoms with van der Waals surface area (Å²) in [6.07, 6.45) is 4.88. The maximum absolute atomic E-state index is 13.6. The number of piperidine rings is 1. The number of rotatable bonds is 4. The summed E-state index contributed by atoms with van der Waals surface area (Å²) in [5, 5.41) is 5.35. The van der Waals surface area contributed by atoms with Gasteiger partial charge in [-0.05, 0) is 51.7 Å². The second kappa shape index (κ2) is 7.95. The zero-order valence-corrected chi connectivity index (χ0v) is 17.4. The molecule has 4 rings (SSSR count). The summed E-state index contributed by atoms with van der Waals surface area (Å²) in [6.45, 7) is 7.46. The van der Waals surface area contributed by atoms with Gasteiger partial charge in [-0.2, -0.15) is 5.10 Å². The number of carbonyl (C=O) groups excluding carboxylic acids is 1. The third kappa shape index (κ3) is 3.53. The Hall–Kier alpha value is -2.73. The Bertz CT molecular complexity index is 1040. The van der Waals surface area contributed by atoms with Crippen molar-refractivity contribution in [1.82, 2.24) is 19.7 Å². The number of aromatic nitrogens is 3. The van der Waals surface area contributed by atoms with E-state index in [4.69, 9.17) is 10.7 Å². The Balaban J connectivity index is 1.90. The van der Waals surface area contributed by atoms with E-state index in [9.17, 15) is 4.79 Å². The molecule has 0 saturated carbocycles. The molecule has 1 saturated heterocycles. The SMILES string of the molecule is Cc1ccccc1-c1cc(C(=O)N2CCCCC2CN)c2cnn(C(C)C)c2n1. The van der Waals surface area contributed by atoms with Crippen molar-refractivity contribution < 1.29 is 4.79 Å². The first-order valence-electron chi connectivity index (χ1n) is 10.5. The van der Waals surface area contributed by atoms with E-state index in [1.807, 2.05) is 27.8 Å². The number of nitrogens with zero attached hydrogens (tertiary/aromatic N) is 4. The van der Waals surface area contributed by atoms with Gasteiger partial charge in [-0.3, -0.25) is 4.79 Å². The minimum atomic E-state index is 0.0330. The van der Waals surface area contributed by atoms with Gasteiger partial charge in [0, 0.05) is 30.7 Å². The Morgan fingerprint density at radius 3 is 2.79 bits per heavy atom. The molecule has 0 radical (unpaired) electrons. The number of nitrogens with two attached hydrogens (primary N) is 1. The van der Waals surface area contributed by atoms with Gasteiger partial charge in [-0.25, -0.2) is 9.67 Å². The summed E-state index contributed by atoms with van der Waals surface area (Å²) in [7, 11) is 0. The van der Waals surface area contributed by atoms with Gasteiger partial charge in [0.05, 0.1) is 22.8 Å². The van der Waals surface area contributed by atoms with Crippen LogP contribution < -0.4 is 5.73 Å². The molecule has 2 N–H and O–H groups in total. The molecule has 1 amide bonds. The fraction of sp³-hybridized carbons (Fsp3) is 0.435. The van der Waals surface area contributed by atoms with E-state index < -0.39 is 0 Å². The zero-order chi connectivity index (χ0) is 20.5. The quantitative estimate of drug-likeness (QED) is 0.731. The standard InChI is InChI=1S/C23H29N5O/c1-15(2)28-22-20(14-25-28)19(23(29)27-11-7-6-9-17(27)13-24)12-21(26-22)18-10-5-4-8-16(18)3/h4-5,8,10,12,14-15,17H,6-7,9,11,13,24H2,1-3H3. The Labute approximate surface area is 171 Å². The fourth-order valence-electron chi connectivity index (χ4n) is 4.24. The van der Waals surface area contributed by atoms with Crippen molar-refractivity contribution in [1.29, 1.82) is 0 Å². The van der Waals surface area contributed by atoms with Gasteiger partial charge >= 0.3 is 0 Å². The normalized spacial score (nSPS) is 17.3. The van der Waals surface area contributed by atoms with Crippen molar-refractivity contribution in [2.75, 3.05) is 13.1 Å². The van der Waals surface area contributed by atoms with Crippen LogP contribution in [0.3, 0.4) is 0 Å². The summed E-state index contributed by atoms with van der Waals surface area (Å²) in [6, 6.07) is 10.3. The Morgan fingerprint density at radius 1 is 1.28 bits per heavy atom. The monoisotopic (exact) mass is 391 g/mol. The van der Waals surface area contributed by atoms with E-state index >= 15 is 0 Å². The number of carbonyl (C=O) groups is 1. The molecular weight excluding hydrogens is 362 g/mol. The van der Waals surface area contributed by atoms with Crippen LogP contribution in [0.25, 0.3) is 22.3 Å². The molecular formula is C23H29N5O. The number of hydrogen-bond acceptors (Lipinski definition) is 4. The van der Waals surface area contributed by atoms with Crippen LogP contribution in [0.4, 0.5) is 0 Å². The molecule has 2 aromatic heterocycles. The van der Waals surface area contributed by atoms with Crippen LogP contribution in [-0.4, -0.2) is 44.7 Å². The molecule has 3 aromatic rings. The molecule has 1 atom stereocenters. The number of hydrogen-bond donors (Lipinski definition) is 1. The molecule has 152 valence electrons. The summed E-state index contributed by atoms with van der Waals surface area (Å²) in [5.41, 5.74) is 10.4. The first-order valence-corrected chi connectivity index (χ1v) is 10.5. The number of benzene rings is 1. The lowest BCUT2D eigenvalue weighted by Crippen LogP contribution is -2.47. The predicted octanol–water partition coefficient (Wildman–Crippen LogP) is 3.94. The fourth-order valence-corrected chi connectivity index (χ4v) is 4.24. The van der Waals surface area contributed by atoms with Gasteiger partial charge in [0.15, 0.2) is 5.65 Å². The highest BCUT2D eigenvalue weighted by Gasteiger charge is 2.29.